The van der Waals surface area contributed by atoms with Gasteiger partial charge in [0.1, 0.15) is 5.76 Å². The molecule has 0 fully saturated rings. The number of aromatic carboxylic acids is 1. The molecule has 0 amide bonds. The van der Waals surface area contributed by atoms with E-state index in [1.54, 1.807) is 0 Å². The van der Waals surface area contributed by atoms with Gasteiger partial charge in [-0.15, -0.1) is 10.2 Å². The summed E-state index contributed by atoms with van der Waals surface area (Å²) < 4.78 is 6.77. The Morgan fingerprint density at radius 3 is 3.11 bits per heavy atom. The molecule has 0 bridgehead atoms. The Labute approximate surface area is 111 Å². The van der Waals surface area contributed by atoms with Crippen LogP contribution in [0.25, 0.3) is 5.65 Å². The predicted octanol–water partition coefficient (Wildman–Crippen LogP) is 1.71. The maximum Gasteiger partial charge on any atom is 0.358 e. The Morgan fingerprint density at radius 2 is 2.32 bits per heavy atom. The summed E-state index contributed by atoms with van der Waals surface area (Å²) in [4.78, 5) is 10.7. The van der Waals surface area contributed by atoms with Gasteiger partial charge in [0.25, 0.3) is 0 Å². The van der Waals surface area contributed by atoms with Crippen LogP contribution in [0.3, 0.4) is 0 Å². The monoisotopic (exact) mass is 276 g/mol. The lowest BCUT2D eigenvalue weighted by molar-refractivity contribution is 0.0685. The molecule has 0 aliphatic heterocycles. The van der Waals surface area contributed by atoms with Crippen molar-refractivity contribution in [3.63, 3.8) is 0 Å². The molecule has 0 unspecified atom stereocenters. The number of pyridine rings is 1. The van der Waals surface area contributed by atoms with Crippen molar-refractivity contribution in [2.24, 2.45) is 0 Å². The van der Waals surface area contributed by atoms with Gasteiger partial charge in [-0.1, -0.05) is 23.0 Å². The van der Waals surface area contributed by atoms with Gasteiger partial charge in [0.15, 0.2) is 16.5 Å². The first-order valence-electron chi connectivity index (χ1n) is 5.35. The zero-order valence-corrected chi connectivity index (χ0v) is 10.4. The van der Waals surface area contributed by atoms with Crippen molar-refractivity contribution < 1.29 is 14.4 Å². The molecule has 0 atom stereocenters. The number of hydrogen-bond acceptors (Lipinski definition) is 6. The van der Waals surface area contributed by atoms with Gasteiger partial charge >= 0.3 is 5.97 Å². The molecule has 3 heterocycles. The van der Waals surface area contributed by atoms with E-state index in [4.69, 9.17) is 9.63 Å². The largest absolute Gasteiger partial charge is 0.476 e. The molecule has 8 heteroatoms. The van der Waals surface area contributed by atoms with Gasteiger partial charge in [-0.25, -0.2) is 4.79 Å². The van der Waals surface area contributed by atoms with Crippen molar-refractivity contribution in [3.8, 4) is 0 Å². The quantitative estimate of drug-likeness (QED) is 0.725. The molecule has 96 valence electrons. The SMILES string of the molecule is O=C(O)c1cc(CSc2nnc3ccccn23)on1. The number of carboxylic acids is 1. The third kappa shape index (κ3) is 2.29. The van der Waals surface area contributed by atoms with Gasteiger partial charge in [-0.05, 0) is 12.1 Å². The second-order valence-corrected chi connectivity index (χ2v) is 4.63. The number of aromatic nitrogens is 4. The number of carboxylic acid groups (broad SMARTS) is 1. The highest BCUT2D eigenvalue weighted by molar-refractivity contribution is 7.98. The molecule has 3 aromatic heterocycles. The zero-order chi connectivity index (χ0) is 13.2. The Morgan fingerprint density at radius 1 is 1.42 bits per heavy atom. The van der Waals surface area contributed by atoms with Gasteiger partial charge in [0, 0.05) is 12.3 Å². The van der Waals surface area contributed by atoms with Gasteiger partial charge in [-0.2, -0.15) is 0 Å². The summed E-state index contributed by atoms with van der Waals surface area (Å²) in [6.45, 7) is 0. The Balaban J connectivity index is 1.76. The smallest absolute Gasteiger partial charge is 0.358 e. The van der Waals surface area contributed by atoms with Crippen LogP contribution in [0.1, 0.15) is 16.2 Å². The second-order valence-electron chi connectivity index (χ2n) is 3.68. The van der Waals surface area contributed by atoms with Crippen LogP contribution in [-0.2, 0) is 5.75 Å². The van der Waals surface area contributed by atoms with E-state index in [9.17, 15) is 4.79 Å². The number of thioether (sulfide) groups is 1. The van der Waals surface area contributed by atoms with E-state index < -0.39 is 5.97 Å². The van der Waals surface area contributed by atoms with Crippen LogP contribution in [0.4, 0.5) is 0 Å². The third-order valence-electron chi connectivity index (χ3n) is 2.40. The molecular weight excluding hydrogens is 268 g/mol. The second kappa shape index (κ2) is 4.73. The fourth-order valence-corrected chi connectivity index (χ4v) is 2.33. The number of nitrogens with zero attached hydrogens (tertiary/aromatic N) is 4. The van der Waals surface area contributed by atoms with Crippen LogP contribution in [0, 0.1) is 0 Å². The van der Waals surface area contributed by atoms with Gasteiger partial charge in [-0.3, -0.25) is 4.40 Å². The summed E-state index contributed by atoms with van der Waals surface area (Å²) in [6.07, 6.45) is 1.86. The molecule has 7 nitrogen and oxygen atoms in total. The van der Waals surface area contributed by atoms with E-state index in [1.807, 2.05) is 28.8 Å². The summed E-state index contributed by atoms with van der Waals surface area (Å²) in [6, 6.07) is 7.03. The summed E-state index contributed by atoms with van der Waals surface area (Å²) in [5.41, 5.74) is 0.662. The number of rotatable bonds is 4. The molecule has 0 aliphatic rings. The standard InChI is InChI=1S/C11H8N4O3S/c16-10(17)8-5-7(18-14-8)6-19-11-13-12-9-3-1-2-4-15(9)11/h1-5H,6H2,(H,16,17). The lowest BCUT2D eigenvalue weighted by Gasteiger charge is -1.96. The van der Waals surface area contributed by atoms with E-state index in [0.29, 0.717) is 16.7 Å². The molecule has 0 aromatic carbocycles. The van der Waals surface area contributed by atoms with Crippen molar-refractivity contribution in [2.45, 2.75) is 10.9 Å². The minimum atomic E-state index is -1.10. The normalized spacial score (nSPS) is 10.9. The van der Waals surface area contributed by atoms with E-state index in [1.165, 1.54) is 17.8 Å². The van der Waals surface area contributed by atoms with Gasteiger partial charge in [0.2, 0.25) is 0 Å². The first-order valence-corrected chi connectivity index (χ1v) is 6.34. The Hall–Kier alpha value is -2.35. The lowest BCUT2D eigenvalue weighted by Crippen LogP contribution is -1.94. The summed E-state index contributed by atoms with van der Waals surface area (Å²) in [5.74, 6) is -0.182. The van der Waals surface area contributed by atoms with Gasteiger partial charge < -0.3 is 9.63 Å². The fourth-order valence-electron chi connectivity index (χ4n) is 1.54. The number of carbonyl (C=O) groups is 1. The molecular formula is C11H8N4O3S. The highest BCUT2D eigenvalue weighted by Crippen LogP contribution is 2.21. The van der Waals surface area contributed by atoms with Crippen LogP contribution >= 0.6 is 11.8 Å². The molecule has 0 saturated heterocycles. The molecule has 19 heavy (non-hydrogen) atoms. The van der Waals surface area contributed by atoms with E-state index in [0.717, 1.165) is 5.65 Å². The highest BCUT2D eigenvalue weighted by atomic mass is 32.2. The van der Waals surface area contributed by atoms with E-state index in [2.05, 4.69) is 15.4 Å². The number of hydrogen-bond donors (Lipinski definition) is 1. The average molecular weight is 276 g/mol. The van der Waals surface area contributed by atoms with Crippen LogP contribution in [-0.4, -0.2) is 30.8 Å². The topological polar surface area (TPSA) is 93.5 Å². The first-order chi connectivity index (χ1) is 9.24. The zero-order valence-electron chi connectivity index (χ0n) is 9.55. The summed E-state index contributed by atoms with van der Waals surface area (Å²) in [5, 5.41) is 21.0. The predicted molar refractivity (Wildman–Crippen MR) is 66.0 cm³/mol. The van der Waals surface area contributed by atoms with Crippen LogP contribution in [0.2, 0.25) is 0 Å². The molecule has 3 aromatic rings. The van der Waals surface area contributed by atoms with E-state index in [-0.39, 0.29) is 5.69 Å². The minimum Gasteiger partial charge on any atom is -0.476 e. The fraction of sp³-hybridized carbons (Fsp3) is 0.0909. The van der Waals surface area contributed by atoms with Crippen molar-refractivity contribution in [1.82, 2.24) is 19.8 Å². The van der Waals surface area contributed by atoms with Crippen molar-refractivity contribution >= 4 is 23.4 Å². The lowest BCUT2D eigenvalue weighted by atomic mass is 10.4. The van der Waals surface area contributed by atoms with Crippen molar-refractivity contribution in [3.05, 3.63) is 41.9 Å². The third-order valence-corrected chi connectivity index (χ3v) is 3.37. The number of fused-ring (bicyclic) bond motifs is 1. The van der Waals surface area contributed by atoms with E-state index >= 15 is 0 Å². The summed E-state index contributed by atoms with van der Waals surface area (Å²) in [7, 11) is 0. The van der Waals surface area contributed by atoms with Crippen molar-refractivity contribution in [1.29, 1.82) is 0 Å². The van der Waals surface area contributed by atoms with Crippen LogP contribution in [0.5, 0.6) is 0 Å². The van der Waals surface area contributed by atoms with Crippen LogP contribution < -0.4 is 0 Å². The first kappa shape index (κ1) is 11.7. The summed E-state index contributed by atoms with van der Waals surface area (Å²) >= 11 is 1.40. The molecule has 0 spiro atoms. The maximum absolute atomic E-state index is 10.7. The maximum atomic E-state index is 10.7. The van der Waals surface area contributed by atoms with Crippen molar-refractivity contribution in [2.75, 3.05) is 0 Å². The van der Waals surface area contributed by atoms with Gasteiger partial charge in [0.05, 0.1) is 5.75 Å². The Bertz CT molecular complexity index is 736. The average Bonchev–Trinajstić information content (AvgIpc) is 3.03. The molecule has 1 N–H and O–H groups in total. The molecule has 3 rings (SSSR count). The Kier molecular flexibility index (Phi) is 2.92. The van der Waals surface area contributed by atoms with Crippen LogP contribution in [0.15, 0.2) is 40.1 Å². The minimum absolute atomic E-state index is 0.0956. The molecule has 0 aliphatic carbocycles. The molecule has 0 radical (unpaired) electrons. The highest BCUT2D eigenvalue weighted by Gasteiger charge is 2.12. The molecule has 0 saturated carbocycles.